The lowest BCUT2D eigenvalue weighted by Crippen LogP contribution is -2.36. The normalized spacial score (nSPS) is 26.9. The maximum atomic E-state index is 13.9. The number of ether oxygens (including phenoxy) is 4. The molecule has 4 unspecified atom stereocenters. The van der Waals surface area contributed by atoms with Gasteiger partial charge in [0.15, 0.2) is 24.0 Å². The van der Waals surface area contributed by atoms with E-state index in [4.69, 9.17) is 18.9 Å². The van der Waals surface area contributed by atoms with Gasteiger partial charge in [-0.05, 0) is 144 Å². The highest BCUT2D eigenvalue weighted by molar-refractivity contribution is 9.11. The van der Waals surface area contributed by atoms with E-state index in [0.29, 0.717) is 74.6 Å². The Balaban J connectivity index is 0.652. The summed E-state index contributed by atoms with van der Waals surface area (Å²) in [5, 5.41) is 16.9. The van der Waals surface area contributed by atoms with Gasteiger partial charge >= 0.3 is 0 Å². The van der Waals surface area contributed by atoms with Crippen LogP contribution in [0.3, 0.4) is 0 Å². The highest BCUT2D eigenvalue weighted by Crippen LogP contribution is 2.57. The molecule has 2 saturated heterocycles. The fourth-order valence-electron chi connectivity index (χ4n) is 9.15. The second kappa shape index (κ2) is 16.2. The maximum absolute atomic E-state index is 13.9. The highest BCUT2D eigenvalue weighted by Gasteiger charge is 2.53. The summed E-state index contributed by atoms with van der Waals surface area (Å²) in [6, 6.07) is 12.2. The van der Waals surface area contributed by atoms with Crippen LogP contribution < -0.4 is 9.80 Å². The van der Waals surface area contributed by atoms with Crippen molar-refractivity contribution in [3.63, 3.8) is 0 Å². The summed E-state index contributed by atoms with van der Waals surface area (Å²) in [5.41, 5.74) is 4.44. The SMILES string of the molecule is O=C(c1cn(CC2OCC3(CC3)CO2)nn1)N(c1ccc(C#CC2CC2C2CC2C#Cc2ccc(Br)c(N(C(=O)c3cn(CC4OCC5(CC5)CO4)nn3)C3CC3)c2)cc1Br)C1CC1. The van der Waals surface area contributed by atoms with E-state index >= 15 is 0 Å². The minimum Gasteiger partial charge on any atom is -0.350 e. The van der Waals surface area contributed by atoms with Crippen LogP contribution in [0.25, 0.3) is 0 Å². The van der Waals surface area contributed by atoms with E-state index in [2.05, 4.69) is 76.2 Å². The summed E-state index contributed by atoms with van der Waals surface area (Å²) < 4.78 is 28.6. The van der Waals surface area contributed by atoms with Crippen LogP contribution in [-0.4, -0.2) is 92.9 Å². The van der Waals surface area contributed by atoms with Crippen LogP contribution in [0, 0.1) is 58.2 Å². The summed E-state index contributed by atoms with van der Waals surface area (Å²) in [4.78, 5) is 31.4. The van der Waals surface area contributed by atoms with E-state index in [1.165, 1.54) is 0 Å². The number of aromatic nitrogens is 6. The van der Waals surface area contributed by atoms with Gasteiger partial charge in [-0.15, -0.1) is 10.2 Å². The first kappa shape index (κ1) is 41.0. The van der Waals surface area contributed by atoms with Crippen LogP contribution in [0.1, 0.15) is 96.3 Å². The molecule has 2 aromatic carbocycles. The van der Waals surface area contributed by atoms with Gasteiger partial charge in [-0.25, -0.2) is 9.36 Å². The molecule has 12 rings (SSSR count). The van der Waals surface area contributed by atoms with E-state index in [1.807, 2.05) is 46.2 Å². The van der Waals surface area contributed by atoms with Crippen LogP contribution in [0.2, 0.25) is 0 Å². The molecule has 4 aromatic rings. The molecule has 0 bridgehead atoms. The zero-order chi connectivity index (χ0) is 43.2. The van der Waals surface area contributed by atoms with E-state index in [1.54, 1.807) is 21.8 Å². The Morgan fingerprint density at radius 2 is 1.11 bits per heavy atom. The van der Waals surface area contributed by atoms with E-state index < -0.39 is 0 Å². The van der Waals surface area contributed by atoms with E-state index in [9.17, 15) is 9.59 Å². The predicted molar refractivity (Wildman–Crippen MR) is 240 cm³/mol. The molecule has 16 heteroatoms. The second-order valence-corrected chi connectivity index (χ2v) is 21.2. The van der Waals surface area contributed by atoms with Crippen molar-refractivity contribution in [3.8, 4) is 23.7 Å². The van der Waals surface area contributed by atoms with Gasteiger partial charge in [-0.3, -0.25) is 9.59 Å². The molecule has 330 valence electrons. The summed E-state index contributed by atoms with van der Waals surface area (Å²) in [6.45, 7) is 3.64. The van der Waals surface area contributed by atoms with Crippen LogP contribution >= 0.6 is 31.9 Å². The Morgan fingerprint density at radius 3 is 1.58 bits per heavy atom. The van der Waals surface area contributed by atoms with Crippen LogP contribution in [0.5, 0.6) is 0 Å². The quantitative estimate of drug-likeness (QED) is 0.145. The first-order chi connectivity index (χ1) is 31.2. The van der Waals surface area contributed by atoms with Crippen molar-refractivity contribution in [1.29, 1.82) is 0 Å². The minimum atomic E-state index is -0.388. The van der Waals surface area contributed by atoms with Crippen molar-refractivity contribution in [3.05, 3.63) is 80.3 Å². The van der Waals surface area contributed by atoms with Crippen LogP contribution in [-0.2, 0) is 32.0 Å². The number of carbonyl (C=O) groups is 2. The topological polar surface area (TPSA) is 139 Å². The molecule has 2 amide bonds. The molecule has 4 atom stereocenters. The Bertz CT molecular complexity index is 2630. The average Bonchev–Trinajstić information content (AvgIpc) is 4.06. The number of nitrogens with zero attached hydrogens (tertiary/aromatic N) is 8. The van der Waals surface area contributed by atoms with Crippen LogP contribution in [0.15, 0.2) is 57.7 Å². The number of halogens is 2. The Hall–Kier alpha value is -4.42. The summed E-state index contributed by atoms with van der Waals surface area (Å²) in [5.74, 6) is 15.4. The van der Waals surface area contributed by atoms with E-state index in [0.717, 1.165) is 95.7 Å². The van der Waals surface area contributed by atoms with Crippen molar-refractivity contribution < 1.29 is 28.5 Å². The van der Waals surface area contributed by atoms with Crippen molar-refractivity contribution >= 4 is 55.0 Å². The molecule has 8 aliphatic rings. The van der Waals surface area contributed by atoms with E-state index in [-0.39, 0.29) is 47.3 Å². The van der Waals surface area contributed by atoms with Gasteiger partial charge in [-0.1, -0.05) is 34.1 Å². The monoisotopic (exact) mass is 990 g/mol. The molecule has 4 heterocycles. The molecule has 64 heavy (non-hydrogen) atoms. The van der Waals surface area contributed by atoms with Crippen LogP contribution in [0.4, 0.5) is 11.4 Å². The zero-order valence-electron chi connectivity index (χ0n) is 35.3. The number of carbonyl (C=O) groups excluding carboxylic acids is 2. The van der Waals surface area contributed by atoms with Gasteiger partial charge in [0.1, 0.15) is 0 Å². The van der Waals surface area contributed by atoms with Crippen molar-refractivity contribution in [2.45, 2.75) is 102 Å². The number of benzene rings is 2. The number of rotatable bonds is 11. The third-order valence-electron chi connectivity index (χ3n) is 14.1. The third-order valence-corrected chi connectivity index (χ3v) is 15.4. The maximum Gasteiger partial charge on any atom is 0.280 e. The lowest BCUT2D eigenvalue weighted by atomic mass is 10.1. The molecule has 2 aromatic heterocycles. The smallest absolute Gasteiger partial charge is 0.280 e. The molecule has 0 radical (unpaired) electrons. The number of hydrogen-bond acceptors (Lipinski definition) is 10. The molecule has 2 aliphatic heterocycles. The van der Waals surface area contributed by atoms with Gasteiger partial charge < -0.3 is 28.7 Å². The van der Waals surface area contributed by atoms with Crippen molar-refractivity contribution in [2.24, 2.45) is 34.5 Å². The highest BCUT2D eigenvalue weighted by atomic mass is 79.9. The molecule has 6 aliphatic carbocycles. The molecular formula is C48H48Br2N8O6. The lowest BCUT2D eigenvalue weighted by molar-refractivity contribution is -0.213. The van der Waals surface area contributed by atoms with Gasteiger partial charge in [0.2, 0.25) is 0 Å². The average molecular weight is 993 g/mol. The second-order valence-electron chi connectivity index (χ2n) is 19.5. The summed E-state index contributed by atoms with van der Waals surface area (Å²) in [6.07, 6.45) is 13.2. The molecule has 14 nitrogen and oxygen atoms in total. The molecule has 6 saturated carbocycles. The molecule has 0 N–H and O–H groups in total. The lowest BCUT2D eigenvalue weighted by Gasteiger charge is -2.29. The number of amides is 2. The first-order valence-electron chi connectivity index (χ1n) is 22.7. The fourth-order valence-corrected chi connectivity index (χ4v) is 10.2. The fraction of sp³-hybridized carbons (Fsp3) is 0.542. The first-order valence-corrected chi connectivity index (χ1v) is 24.3. The number of anilines is 2. The largest absolute Gasteiger partial charge is 0.350 e. The Kier molecular flexibility index (Phi) is 10.4. The Labute approximate surface area is 388 Å². The Morgan fingerprint density at radius 1 is 0.641 bits per heavy atom. The predicted octanol–water partition coefficient (Wildman–Crippen LogP) is 6.99. The third kappa shape index (κ3) is 8.70. The summed E-state index contributed by atoms with van der Waals surface area (Å²) in [7, 11) is 0. The zero-order valence-corrected chi connectivity index (χ0v) is 38.5. The number of hydrogen-bond donors (Lipinski definition) is 0. The van der Waals surface area contributed by atoms with Gasteiger partial charge in [0.05, 0.1) is 63.3 Å². The summed E-state index contributed by atoms with van der Waals surface area (Å²) >= 11 is 7.47. The minimum absolute atomic E-state index is 0.107. The molecule has 8 fully saturated rings. The van der Waals surface area contributed by atoms with Gasteiger partial charge in [-0.2, -0.15) is 0 Å². The standard InChI is InChI=1S/C48H48Br2N8O6/c49-37-11-3-30(18-42(37)58(34-9-10-34)46(60)40-22-56(54-52-40)24-44-63-27-48(15-16-48)28-64-44)2-6-32-20-36(32)35-19-31(35)5-1-29-4-12-41(38(50)17-29)57(33-7-8-33)45(59)39-21-55(53-51-39)23-43-61-25-47(13-14-47)26-62-43/h3-4,11-12,17-18,21-22,31-36,43-44H,7-10,13-16,19-20,23-28H2. The molecular weight excluding hydrogens is 944 g/mol. The van der Waals surface area contributed by atoms with Gasteiger partial charge in [0.25, 0.3) is 11.8 Å². The van der Waals surface area contributed by atoms with Crippen molar-refractivity contribution in [1.82, 2.24) is 30.0 Å². The van der Waals surface area contributed by atoms with Crippen molar-refractivity contribution in [2.75, 3.05) is 36.2 Å². The van der Waals surface area contributed by atoms with Gasteiger partial charge in [0, 0.05) is 54.8 Å². The molecule has 2 spiro atoms.